The zero-order valence-electron chi connectivity index (χ0n) is 12.0. The quantitative estimate of drug-likeness (QED) is 0.876. The summed E-state index contributed by atoms with van der Waals surface area (Å²) in [5.41, 5.74) is 3.80. The van der Waals surface area contributed by atoms with Gasteiger partial charge in [-0.15, -0.1) is 13.2 Å². The van der Waals surface area contributed by atoms with Gasteiger partial charge in [-0.1, -0.05) is 30.3 Å². The molecule has 0 saturated carbocycles. The van der Waals surface area contributed by atoms with E-state index in [0.717, 1.165) is 0 Å². The van der Waals surface area contributed by atoms with Gasteiger partial charge < -0.3 is 11.1 Å². The maximum absolute atomic E-state index is 13.1. The number of benzene rings is 1. The minimum atomic E-state index is -4.85. The summed E-state index contributed by atoms with van der Waals surface area (Å²) in [5, 5.41) is 3.10. The molecule has 1 aliphatic heterocycles. The average molecular weight is 316 g/mol. The summed E-state index contributed by atoms with van der Waals surface area (Å²) in [5.74, 6) is -1.25. The molecule has 1 heterocycles. The summed E-state index contributed by atoms with van der Waals surface area (Å²) >= 11 is 0. The number of hydrogen-bond donors (Lipinski definition) is 2. The first kappa shape index (κ1) is 16.8. The van der Waals surface area contributed by atoms with Gasteiger partial charge in [-0.3, -0.25) is 9.53 Å². The van der Waals surface area contributed by atoms with Gasteiger partial charge in [-0.25, -0.2) is 0 Å². The predicted molar refractivity (Wildman–Crippen MR) is 74.7 cm³/mol. The number of hydrogen-bond acceptors (Lipinski definition) is 3. The molecular weight excluding hydrogens is 297 g/mol. The molecule has 1 aromatic carbocycles. The molecule has 22 heavy (non-hydrogen) atoms. The smallest absolute Gasteiger partial charge is 0.370 e. The van der Waals surface area contributed by atoms with Crippen LogP contribution in [0.3, 0.4) is 0 Å². The van der Waals surface area contributed by atoms with E-state index in [9.17, 15) is 18.0 Å². The van der Waals surface area contributed by atoms with Gasteiger partial charge in [0.2, 0.25) is 5.91 Å². The number of primary amides is 1. The van der Waals surface area contributed by atoms with Crippen molar-refractivity contribution in [2.45, 2.75) is 31.2 Å². The summed E-state index contributed by atoms with van der Waals surface area (Å²) in [6.07, 6.45) is -4.38. The zero-order chi connectivity index (χ0) is 16.2. The van der Waals surface area contributed by atoms with E-state index in [1.807, 2.05) is 0 Å². The summed E-state index contributed by atoms with van der Waals surface area (Å²) in [7, 11) is 0. The lowest BCUT2D eigenvalue weighted by Crippen LogP contribution is -2.48. The number of piperidine rings is 1. The molecule has 4 nitrogen and oxygen atoms in total. The van der Waals surface area contributed by atoms with E-state index in [2.05, 4.69) is 10.1 Å². The van der Waals surface area contributed by atoms with E-state index in [4.69, 9.17) is 5.73 Å². The maximum Gasteiger partial charge on any atom is 0.523 e. The van der Waals surface area contributed by atoms with Crippen LogP contribution in [0.2, 0.25) is 0 Å². The summed E-state index contributed by atoms with van der Waals surface area (Å²) in [6.45, 7) is 1.17. The van der Waals surface area contributed by atoms with Crippen LogP contribution in [-0.2, 0) is 15.1 Å². The first-order chi connectivity index (χ1) is 10.3. The van der Waals surface area contributed by atoms with Gasteiger partial charge in [0.15, 0.2) is 0 Å². The number of rotatable bonds is 5. The highest BCUT2D eigenvalue weighted by Crippen LogP contribution is 2.45. The third kappa shape index (κ3) is 3.98. The number of nitrogens with two attached hydrogens (primary N) is 1. The fraction of sp³-hybridized carbons (Fsp3) is 0.533. The lowest BCUT2D eigenvalue weighted by Gasteiger charge is -2.42. The van der Waals surface area contributed by atoms with Gasteiger partial charge in [0, 0.05) is 0 Å². The van der Waals surface area contributed by atoms with Gasteiger partial charge in [0.05, 0.1) is 6.42 Å². The second-order valence-corrected chi connectivity index (χ2v) is 5.47. The molecule has 1 atom stereocenters. The molecule has 0 aromatic heterocycles. The third-order valence-corrected chi connectivity index (χ3v) is 4.00. The molecule has 3 N–H and O–H groups in total. The number of halogens is 3. The highest BCUT2D eigenvalue weighted by molar-refractivity contribution is 5.75. The molecule has 7 heteroatoms. The fourth-order valence-corrected chi connectivity index (χ4v) is 3.13. The first-order valence-corrected chi connectivity index (χ1v) is 7.15. The van der Waals surface area contributed by atoms with Crippen LogP contribution in [0.4, 0.5) is 13.2 Å². The highest BCUT2D eigenvalue weighted by Gasteiger charge is 2.50. The molecule has 1 amide bonds. The molecule has 1 fully saturated rings. The van der Waals surface area contributed by atoms with E-state index in [1.165, 1.54) is 0 Å². The normalized spacial score (nSPS) is 19.6. The summed E-state index contributed by atoms with van der Waals surface area (Å²) in [4.78, 5) is 11.5. The predicted octanol–water partition coefficient (Wildman–Crippen LogP) is 2.29. The Kier molecular flexibility index (Phi) is 5.08. The van der Waals surface area contributed by atoms with Gasteiger partial charge in [0.25, 0.3) is 0 Å². The van der Waals surface area contributed by atoms with Crippen molar-refractivity contribution in [2.24, 2.45) is 11.7 Å². The number of ether oxygens (including phenoxy) is 1. The van der Waals surface area contributed by atoms with Crippen LogP contribution in [0.15, 0.2) is 30.3 Å². The molecule has 0 spiro atoms. The Morgan fingerprint density at radius 1 is 1.23 bits per heavy atom. The SMILES string of the molecule is NC(=O)CC(OC(F)(F)F)(c1ccccc1)C1CCNCC1. The molecule has 1 aliphatic rings. The largest absolute Gasteiger partial charge is 0.523 e. The maximum atomic E-state index is 13.1. The van der Waals surface area contributed by atoms with Gasteiger partial charge >= 0.3 is 6.36 Å². The molecule has 1 aromatic rings. The van der Waals surface area contributed by atoms with E-state index in [1.54, 1.807) is 30.3 Å². The minimum absolute atomic E-state index is 0.332. The first-order valence-electron chi connectivity index (χ1n) is 7.15. The van der Waals surface area contributed by atoms with Crippen molar-refractivity contribution >= 4 is 5.91 Å². The van der Waals surface area contributed by atoms with E-state index >= 15 is 0 Å². The van der Waals surface area contributed by atoms with E-state index in [0.29, 0.717) is 31.5 Å². The van der Waals surface area contributed by atoms with Crippen molar-refractivity contribution in [1.29, 1.82) is 0 Å². The van der Waals surface area contributed by atoms with E-state index in [-0.39, 0.29) is 0 Å². The Labute approximate surface area is 126 Å². The summed E-state index contributed by atoms with van der Waals surface area (Å²) in [6, 6.07) is 8.07. The zero-order valence-corrected chi connectivity index (χ0v) is 12.0. The van der Waals surface area contributed by atoms with Crippen molar-refractivity contribution < 1.29 is 22.7 Å². The van der Waals surface area contributed by atoms with Crippen LogP contribution < -0.4 is 11.1 Å². The molecule has 0 aliphatic carbocycles. The monoisotopic (exact) mass is 316 g/mol. The average Bonchev–Trinajstić information content (AvgIpc) is 2.46. The topological polar surface area (TPSA) is 64.4 Å². The van der Waals surface area contributed by atoms with Crippen LogP contribution >= 0.6 is 0 Å². The molecule has 0 radical (unpaired) electrons. The van der Waals surface area contributed by atoms with Crippen molar-refractivity contribution in [1.82, 2.24) is 5.32 Å². The standard InChI is InChI=1S/C15H19F3N2O2/c16-15(17,18)22-14(10-13(19)21,11-4-2-1-3-5-11)12-6-8-20-9-7-12/h1-5,12,20H,6-10H2,(H2,19,21). The van der Waals surface area contributed by atoms with Crippen LogP contribution in [0.5, 0.6) is 0 Å². The number of nitrogens with one attached hydrogen (secondary N) is 1. The van der Waals surface area contributed by atoms with E-state index < -0.39 is 30.2 Å². The molecule has 1 saturated heterocycles. The Morgan fingerprint density at radius 2 is 1.82 bits per heavy atom. The minimum Gasteiger partial charge on any atom is -0.370 e. The fourth-order valence-electron chi connectivity index (χ4n) is 3.13. The van der Waals surface area contributed by atoms with Crippen molar-refractivity contribution in [3.05, 3.63) is 35.9 Å². The molecule has 2 rings (SSSR count). The van der Waals surface area contributed by atoms with Crippen LogP contribution in [0.25, 0.3) is 0 Å². The number of carbonyl (C=O) groups is 1. The van der Waals surface area contributed by atoms with Gasteiger partial charge in [0.1, 0.15) is 5.60 Å². The Bertz CT molecular complexity index is 501. The molecule has 1 unspecified atom stereocenters. The van der Waals surface area contributed by atoms with Crippen LogP contribution in [-0.4, -0.2) is 25.4 Å². The molecular formula is C15H19F3N2O2. The Hall–Kier alpha value is -1.60. The summed E-state index contributed by atoms with van der Waals surface area (Å²) < 4.78 is 43.7. The van der Waals surface area contributed by atoms with Gasteiger partial charge in [-0.2, -0.15) is 0 Å². The van der Waals surface area contributed by atoms with Crippen LogP contribution in [0, 0.1) is 5.92 Å². The second kappa shape index (κ2) is 6.66. The number of amides is 1. The van der Waals surface area contributed by atoms with Crippen molar-refractivity contribution in [2.75, 3.05) is 13.1 Å². The third-order valence-electron chi connectivity index (χ3n) is 4.00. The molecule has 122 valence electrons. The highest BCUT2D eigenvalue weighted by atomic mass is 19.4. The molecule has 0 bridgehead atoms. The lowest BCUT2D eigenvalue weighted by atomic mass is 9.74. The van der Waals surface area contributed by atoms with Crippen molar-refractivity contribution in [3.8, 4) is 0 Å². The van der Waals surface area contributed by atoms with Gasteiger partial charge in [-0.05, 0) is 37.4 Å². The second-order valence-electron chi connectivity index (χ2n) is 5.47. The van der Waals surface area contributed by atoms with Crippen LogP contribution in [0.1, 0.15) is 24.8 Å². The number of alkyl halides is 3. The Morgan fingerprint density at radius 3 is 2.32 bits per heavy atom. The lowest BCUT2D eigenvalue weighted by molar-refractivity contribution is -0.380. The van der Waals surface area contributed by atoms with Crippen molar-refractivity contribution in [3.63, 3.8) is 0 Å². The number of carbonyl (C=O) groups excluding carboxylic acids is 1. The Balaban J connectivity index is 2.48.